The number of nitrogens with zero attached hydrogens (tertiary/aromatic N) is 3. The van der Waals surface area contributed by atoms with Gasteiger partial charge in [0.25, 0.3) is 0 Å². The third-order valence-corrected chi connectivity index (χ3v) is 2.58. The SMILES string of the molecule is Cn1nnc(Br)c1C(=O)CCC(C)(C)N. The average molecular weight is 275 g/mol. The Morgan fingerprint density at radius 3 is 2.60 bits per heavy atom. The van der Waals surface area contributed by atoms with Gasteiger partial charge in [0.05, 0.1) is 0 Å². The molecule has 0 aliphatic heterocycles. The predicted molar refractivity (Wildman–Crippen MR) is 60.5 cm³/mol. The van der Waals surface area contributed by atoms with Gasteiger partial charge in [-0.15, -0.1) is 5.10 Å². The molecule has 0 saturated carbocycles. The molecule has 0 atom stereocenters. The Kier molecular flexibility index (Phi) is 3.62. The third-order valence-electron chi connectivity index (χ3n) is 2.05. The fourth-order valence-electron chi connectivity index (χ4n) is 1.18. The lowest BCUT2D eigenvalue weighted by Gasteiger charge is -2.17. The fourth-order valence-corrected chi connectivity index (χ4v) is 1.73. The molecule has 0 aromatic carbocycles. The maximum absolute atomic E-state index is 11.8. The molecule has 5 nitrogen and oxygen atoms in total. The Labute approximate surface area is 97.2 Å². The van der Waals surface area contributed by atoms with Crippen molar-refractivity contribution < 1.29 is 4.79 Å². The lowest BCUT2D eigenvalue weighted by Crippen LogP contribution is -2.32. The Hall–Kier alpha value is -0.750. The van der Waals surface area contributed by atoms with Crippen LogP contribution in [0.25, 0.3) is 0 Å². The van der Waals surface area contributed by atoms with Crippen molar-refractivity contribution in [3.63, 3.8) is 0 Å². The Balaban J connectivity index is 2.70. The highest BCUT2D eigenvalue weighted by Crippen LogP contribution is 2.16. The van der Waals surface area contributed by atoms with E-state index in [4.69, 9.17) is 5.73 Å². The van der Waals surface area contributed by atoms with E-state index in [1.807, 2.05) is 13.8 Å². The molecule has 0 saturated heterocycles. The molecule has 1 aromatic heterocycles. The molecule has 0 aliphatic rings. The zero-order chi connectivity index (χ0) is 11.6. The third kappa shape index (κ3) is 3.39. The summed E-state index contributed by atoms with van der Waals surface area (Å²) >= 11 is 3.19. The average Bonchev–Trinajstić information content (AvgIpc) is 2.41. The van der Waals surface area contributed by atoms with Gasteiger partial charge in [0, 0.05) is 19.0 Å². The van der Waals surface area contributed by atoms with E-state index in [0.29, 0.717) is 23.1 Å². The number of aromatic nitrogens is 3. The second-order valence-corrected chi connectivity index (χ2v) is 5.02. The largest absolute Gasteiger partial charge is 0.326 e. The van der Waals surface area contributed by atoms with Crippen molar-refractivity contribution in [2.75, 3.05) is 0 Å². The molecule has 2 N–H and O–H groups in total. The maximum Gasteiger partial charge on any atom is 0.183 e. The van der Waals surface area contributed by atoms with Gasteiger partial charge >= 0.3 is 0 Å². The molecule has 0 bridgehead atoms. The smallest absolute Gasteiger partial charge is 0.183 e. The summed E-state index contributed by atoms with van der Waals surface area (Å²) in [5, 5.41) is 7.51. The van der Waals surface area contributed by atoms with Crippen LogP contribution in [-0.4, -0.2) is 26.3 Å². The lowest BCUT2D eigenvalue weighted by molar-refractivity contribution is 0.0962. The number of nitrogens with two attached hydrogens (primary N) is 1. The van der Waals surface area contributed by atoms with E-state index >= 15 is 0 Å². The topological polar surface area (TPSA) is 73.8 Å². The normalized spacial score (nSPS) is 11.8. The monoisotopic (exact) mass is 274 g/mol. The number of carbonyl (C=O) groups is 1. The standard InChI is InChI=1S/C9H15BrN4O/c1-9(2,11)5-4-6(15)7-8(10)12-13-14(7)3/h4-5,11H2,1-3H3. The van der Waals surface area contributed by atoms with Gasteiger partial charge in [-0.2, -0.15) is 0 Å². The first-order chi connectivity index (χ1) is 6.81. The summed E-state index contributed by atoms with van der Waals surface area (Å²) in [5.41, 5.74) is 5.99. The van der Waals surface area contributed by atoms with Crippen LogP contribution in [0, 0.1) is 0 Å². The molecular formula is C9H15BrN4O. The molecule has 1 rings (SSSR count). The van der Waals surface area contributed by atoms with E-state index in [2.05, 4.69) is 26.2 Å². The van der Waals surface area contributed by atoms with E-state index in [1.165, 1.54) is 4.68 Å². The second kappa shape index (κ2) is 4.40. The fraction of sp³-hybridized carbons (Fsp3) is 0.667. The highest BCUT2D eigenvalue weighted by atomic mass is 79.9. The van der Waals surface area contributed by atoms with Crippen molar-refractivity contribution >= 4 is 21.7 Å². The van der Waals surface area contributed by atoms with Crippen LogP contribution in [0.1, 0.15) is 37.2 Å². The number of ketones is 1. The summed E-state index contributed by atoms with van der Waals surface area (Å²) in [5.74, 6) is 0.00731. The summed E-state index contributed by atoms with van der Waals surface area (Å²) in [4.78, 5) is 11.8. The summed E-state index contributed by atoms with van der Waals surface area (Å²) in [7, 11) is 1.69. The van der Waals surface area contributed by atoms with Crippen LogP contribution in [-0.2, 0) is 7.05 Å². The molecule has 0 aliphatic carbocycles. The number of aryl methyl sites for hydroxylation is 1. The van der Waals surface area contributed by atoms with Gasteiger partial charge < -0.3 is 5.73 Å². The van der Waals surface area contributed by atoms with Gasteiger partial charge in [0.1, 0.15) is 5.69 Å². The van der Waals surface area contributed by atoms with Crippen molar-refractivity contribution in [2.24, 2.45) is 12.8 Å². The van der Waals surface area contributed by atoms with Crippen LogP contribution < -0.4 is 5.73 Å². The first kappa shape index (κ1) is 12.3. The van der Waals surface area contributed by atoms with E-state index in [0.717, 1.165) is 0 Å². The number of hydrogen-bond donors (Lipinski definition) is 1. The van der Waals surface area contributed by atoms with E-state index in [1.54, 1.807) is 7.05 Å². The van der Waals surface area contributed by atoms with Crippen molar-refractivity contribution in [2.45, 2.75) is 32.2 Å². The van der Waals surface area contributed by atoms with Crippen LogP contribution in [0.15, 0.2) is 4.60 Å². The minimum absolute atomic E-state index is 0.00731. The highest BCUT2D eigenvalue weighted by molar-refractivity contribution is 9.10. The molecule has 0 unspecified atom stereocenters. The van der Waals surface area contributed by atoms with E-state index in [-0.39, 0.29) is 11.3 Å². The minimum Gasteiger partial charge on any atom is -0.326 e. The van der Waals surface area contributed by atoms with Gasteiger partial charge in [-0.3, -0.25) is 4.79 Å². The van der Waals surface area contributed by atoms with Crippen LogP contribution >= 0.6 is 15.9 Å². The number of carbonyl (C=O) groups excluding carboxylic acids is 1. The number of hydrogen-bond acceptors (Lipinski definition) is 4. The molecule has 6 heteroatoms. The van der Waals surface area contributed by atoms with Crippen LogP contribution in [0.3, 0.4) is 0 Å². The first-order valence-corrected chi connectivity index (χ1v) is 5.48. The number of rotatable bonds is 4. The molecular weight excluding hydrogens is 260 g/mol. The molecule has 1 aromatic rings. The molecule has 0 amide bonds. The molecule has 0 radical (unpaired) electrons. The predicted octanol–water partition coefficient (Wildman–Crippen LogP) is 1.28. The Bertz CT molecular complexity index is 347. The minimum atomic E-state index is -0.325. The summed E-state index contributed by atoms with van der Waals surface area (Å²) in [6.07, 6.45) is 1.05. The Morgan fingerprint density at radius 2 is 2.20 bits per heavy atom. The maximum atomic E-state index is 11.8. The quantitative estimate of drug-likeness (QED) is 0.840. The second-order valence-electron chi connectivity index (χ2n) is 4.26. The lowest BCUT2D eigenvalue weighted by atomic mass is 9.98. The zero-order valence-corrected chi connectivity index (χ0v) is 10.7. The van der Waals surface area contributed by atoms with Crippen molar-refractivity contribution in [1.82, 2.24) is 15.0 Å². The van der Waals surface area contributed by atoms with E-state index < -0.39 is 0 Å². The van der Waals surface area contributed by atoms with Crippen LogP contribution in [0.5, 0.6) is 0 Å². The highest BCUT2D eigenvalue weighted by Gasteiger charge is 2.19. The zero-order valence-electron chi connectivity index (χ0n) is 9.12. The molecule has 84 valence electrons. The molecule has 15 heavy (non-hydrogen) atoms. The van der Waals surface area contributed by atoms with Crippen molar-refractivity contribution in [1.29, 1.82) is 0 Å². The number of Topliss-reactive ketones (excluding diaryl/α,β-unsaturated/α-hetero) is 1. The van der Waals surface area contributed by atoms with Gasteiger partial charge in [-0.25, -0.2) is 4.68 Å². The molecule has 0 fully saturated rings. The number of halogens is 1. The van der Waals surface area contributed by atoms with Gasteiger partial charge in [0.2, 0.25) is 0 Å². The molecule has 0 spiro atoms. The summed E-state index contributed by atoms with van der Waals surface area (Å²) < 4.78 is 1.96. The first-order valence-electron chi connectivity index (χ1n) is 4.68. The Morgan fingerprint density at radius 1 is 1.60 bits per heavy atom. The van der Waals surface area contributed by atoms with Crippen LogP contribution in [0.2, 0.25) is 0 Å². The van der Waals surface area contributed by atoms with Crippen LogP contribution in [0.4, 0.5) is 0 Å². The summed E-state index contributed by atoms with van der Waals surface area (Å²) in [6, 6.07) is 0. The summed E-state index contributed by atoms with van der Waals surface area (Å²) in [6.45, 7) is 3.80. The van der Waals surface area contributed by atoms with Gasteiger partial charge in [-0.05, 0) is 36.2 Å². The van der Waals surface area contributed by atoms with Gasteiger partial charge in [0.15, 0.2) is 10.4 Å². The molecule has 1 heterocycles. The van der Waals surface area contributed by atoms with Crippen molar-refractivity contribution in [3.8, 4) is 0 Å². The van der Waals surface area contributed by atoms with Crippen molar-refractivity contribution in [3.05, 3.63) is 10.3 Å². The van der Waals surface area contributed by atoms with E-state index in [9.17, 15) is 4.79 Å². The van der Waals surface area contributed by atoms with Gasteiger partial charge in [-0.1, -0.05) is 5.21 Å².